The molecule has 2 aromatic rings. The number of carbonyl (C=O) groups excluding carboxylic acids is 2. The zero-order chi connectivity index (χ0) is 19.6. The van der Waals surface area contributed by atoms with Gasteiger partial charge in [-0.1, -0.05) is 29.8 Å². The molecule has 3 amide bonds. The second kappa shape index (κ2) is 7.28. The summed E-state index contributed by atoms with van der Waals surface area (Å²) < 4.78 is 0. The highest BCUT2D eigenvalue weighted by molar-refractivity contribution is 6.06. The number of carbonyl (C=O) groups is 2. The average molecular weight is 366 g/mol. The van der Waals surface area contributed by atoms with Crippen molar-refractivity contribution < 1.29 is 14.5 Å². The normalized spacial score (nSPS) is 16.4. The third-order valence-corrected chi connectivity index (χ3v) is 4.26. The number of amides is 3. The Morgan fingerprint density at radius 3 is 2.30 bits per heavy atom. The van der Waals surface area contributed by atoms with Gasteiger partial charge in [-0.15, -0.1) is 0 Å². The molecule has 0 saturated carbocycles. The van der Waals surface area contributed by atoms with E-state index in [2.05, 4.69) is 16.0 Å². The van der Waals surface area contributed by atoms with Crippen molar-refractivity contribution in [3.8, 4) is 0 Å². The molecule has 0 fully saturated rings. The fraction of sp³-hybridized carbons (Fsp3) is 0.158. The zero-order valence-electron chi connectivity index (χ0n) is 14.8. The topological polar surface area (TPSA) is 113 Å². The van der Waals surface area contributed by atoms with Crippen LogP contribution in [0, 0.1) is 17.0 Å². The molecule has 0 radical (unpaired) electrons. The molecule has 0 unspecified atom stereocenters. The van der Waals surface area contributed by atoms with Crippen molar-refractivity contribution in [2.45, 2.75) is 19.9 Å². The Balaban J connectivity index is 1.89. The van der Waals surface area contributed by atoms with Crippen molar-refractivity contribution in [1.82, 2.24) is 10.6 Å². The van der Waals surface area contributed by atoms with E-state index >= 15 is 0 Å². The molecule has 1 atom stereocenters. The van der Waals surface area contributed by atoms with Gasteiger partial charge >= 0.3 is 6.03 Å². The van der Waals surface area contributed by atoms with Crippen LogP contribution in [0.1, 0.15) is 24.1 Å². The predicted molar refractivity (Wildman–Crippen MR) is 100 cm³/mol. The summed E-state index contributed by atoms with van der Waals surface area (Å²) in [5.74, 6) is -0.403. The quantitative estimate of drug-likeness (QED) is 0.570. The van der Waals surface area contributed by atoms with Crippen LogP contribution in [-0.2, 0) is 4.79 Å². The lowest BCUT2D eigenvalue weighted by atomic mass is 9.94. The molecule has 27 heavy (non-hydrogen) atoms. The van der Waals surface area contributed by atoms with Gasteiger partial charge in [0, 0.05) is 23.5 Å². The van der Waals surface area contributed by atoms with Gasteiger partial charge in [0.25, 0.3) is 11.6 Å². The first kappa shape index (κ1) is 18.1. The minimum atomic E-state index is -0.600. The van der Waals surface area contributed by atoms with E-state index in [0.717, 1.165) is 11.1 Å². The number of hydrogen-bond acceptors (Lipinski definition) is 4. The second-order valence-electron chi connectivity index (χ2n) is 6.24. The molecule has 3 N–H and O–H groups in total. The number of aryl methyl sites for hydroxylation is 1. The maximum atomic E-state index is 12.9. The van der Waals surface area contributed by atoms with Crippen LogP contribution < -0.4 is 16.0 Å². The number of rotatable bonds is 4. The third-order valence-electron chi connectivity index (χ3n) is 4.26. The van der Waals surface area contributed by atoms with E-state index in [-0.39, 0.29) is 11.7 Å². The lowest BCUT2D eigenvalue weighted by Crippen LogP contribution is -2.45. The number of nitro groups is 1. The van der Waals surface area contributed by atoms with E-state index in [1.165, 1.54) is 24.3 Å². The van der Waals surface area contributed by atoms with Crippen molar-refractivity contribution in [3.63, 3.8) is 0 Å². The highest BCUT2D eigenvalue weighted by Crippen LogP contribution is 2.28. The summed E-state index contributed by atoms with van der Waals surface area (Å²) in [4.78, 5) is 35.0. The van der Waals surface area contributed by atoms with Crippen molar-refractivity contribution in [1.29, 1.82) is 0 Å². The molecule has 2 aromatic carbocycles. The molecule has 0 bridgehead atoms. The number of allylic oxidation sites excluding steroid dienone is 1. The Bertz CT molecular complexity index is 933. The standard InChI is InChI=1S/C19H18N4O4/c1-11-3-5-13(6-4-11)17-16(12(2)20-19(25)22-17)18(24)21-14-7-9-15(10-8-14)23(26)27/h3-10,17H,1-2H3,(H,21,24)(H2,20,22,25)/t17-/m1/s1. The Hall–Kier alpha value is -3.68. The van der Waals surface area contributed by atoms with Crippen LogP contribution in [0.25, 0.3) is 0 Å². The van der Waals surface area contributed by atoms with E-state index < -0.39 is 16.9 Å². The van der Waals surface area contributed by atoms with Crippen molar-refractivity contribution in [3.05, 3.63) is 81.0 Å². The van der Waals surface area contributed by atoms with Gasteiger partial charge < -0.3 is 16.0 Å². The molecule has 0 aliphatic carbocycles. The molecule has 0 aromatic heterocycles. The van der Waals surface area contributed by atoms with Crippen molar-refractivity contribution >= 4 is 23.3 Å². The predicted octanol–water partition coefficient (Wildman–Crippen LogP) is 3.17. The molecule has 0 saturated heterocycles. The molecular weight excluding hydrogens is 348 g/mol. The first-order chi connectivity index (χ1) is 12.8. The number of urea groups is 1. The van der Waals surface area contributed by atoms with E-state index in [4.69, 9.17) is 0 Å². The molecule has 1 aliphatic heterocycles. The summed E-state index contributed by atoms with van der Waals surface area (Å²) in [7, 11) is 0. The van der Waals surface area contributed by atoms with Crippen LogP contribution in [0.15, 0.2) is 59.8 Å². The summed E-state index contributed by atoms with van der Waals surface area (Å²) in [6.45, 7) is 3.61. The van der Waals surface area contributed by atoms with Gasteiger partial charge in [-0.25, -0.2) is 4.79 Å². The Kier molecular flexibility index (Phi) is 4.89. The van der Waals surface area contributed by atoms with Gasteiger partial charge in [-0.2, -0.15) is 0 Å². The van der Waals surface area contributed by atoms with Gasteiger partial charge in [0.15, 0.2) is 0 Å². The number of nitro benzene ring substituents is 1. The van der Waals surface area contributed by atoms with Crippen molar-refractivity contribution in [2.24, 2.45) is 0 Å². The number of anilines is 1. The lowest BCUT2D eigenvalue weighted by molar-refractivity contribution is -0.384. The van der Waals surface area contributed by atoms with E-state index in [9.17, 15) is 19.7 Å². The molecule has 3 rings (SSSR count). The number of hydrogen-bond donors (Lipinski definition) is 3. The summed E-state index contributed by atoms with van der Waals surface area (Å²) >= 11 is 0. The summed E-state index contributed by atoms with van der Waals surface area (Å²) in [5.41, 5.74) is 3.03. The van der Waals surface area contributed by atoms with Crippen LogP contribution in [-0.4, -0.2) is 16.9 Å². The Labute approximate surface area is 155 Å². The maximum Gasteiger partial charge on any atom is 0.319 e. The van der Waals surface area contributed by atoms with Crippen molar-refractivity contribution in [2.75, 3.05) is 5.32 Å². The smallest absolute Gasteiger partial charge is 0.319 e. The van der Waals surface area contributed by atoms with Gasteiger partial charge in [0.2, 0.25) is 0 Å². The summed E-state index contributed by atoms with van der Waals surface area (Å²) in [6, 6.07) is 12.1. The first-order valence-corrected chi connectivity index (χ1v) is 8.26. The fourth-order valence-electron chi connectivity index (χ4n) is 2.87. The molecule has 1 aliphatic rings. The Morgan fingerprint density at radius 2 is 1.70 bits per heavy atom. The number of non-ortho nitro benzene ring substituents is 1. The molecule has 138 valence electrons. The first-order valence-electron chi connectivity index (χ1n) is 8.26. The second-order valence-corrected chi connectivity index (χ2v) is 6.24. The van der Waals surface area contributed by atoms with Gasteiger partial charge in [-0.3, -0.25) is 14.9 Å². The maximum absolute atomic E-state index is 12.9. The summed E-state index contributed by atoms with van der Waals surface area (Å²) in [5, 5.41) is 18.8. The van der Waals surface area contributed by atoms with Crippen LogP contribution in [0.3, 0.4) is 0 Å². The fourth-order valence-corrected chi connectivity index (χ4v) is 2.87. The lowest BCUT2D eigenvalue weighted by Gasteiger charge is -2.28. The third kappa shape index (κ3) is 3.95. The van der Waals surface area contributed by atoms with Gasteiger partial charge in [0.1, 0.15) is 0 Å². The van der Waals surface area contributed by atoms with Crippen LogP contribution in [0.2, 0.25) is 0 Å². The minimum absolute atomic E-state index is 0.0625. The van der Waals surface area contributed by atoms with Gasteiger partial charge in [-0.05, 0) is 31.5 Å². The number of nitrogens with zero attached hydrogens (tertiary/aromatic N) is 1. The molecular formula is C19H18N4O4. The Morgan fingerprint density at radius 1 is 1.07 bits per heavy atom. The molecule has 1 heterocycles. The van der Waals surface area contributed by atoms with E-state index in [0.29, 0.717) is 17.0 Å². The minimum Gasteiger partial charge on any atom is -0.327 e. The average Bonchev–Trinajstić information content (AvgIpc) is 2.62. The number of nitrogens with one attached hydrogen (secondary N) is 3. The van der Waals surface area contributed by atoms with E-state index in [1.54, 1.807) is 6.92 Å². The highest BCUT2D eigenvalue weighted by Gasteiger charge is 2.31. The highest BCUT2D eigenvalue weighted by atomic mass is 16.6. The van der Waals surface area contributed by atoms with Crippen LogP contribution in [0.4, 0.5) is 16.2 Å². The number of benzene rings is 2. The van der Waals surface area contributed by atoms with E-state index in [1.807, 2.05) is 31.2 Å². The molecule has 8 nitrogen and oxygen atoms in total. The largest absolute Gasteiger partial charge is 0.327 e. The van der Waals surface area contributed by atoms with Crippen LogP contribution in [0.5, 0.6) is 0 Å². The molecule has 8 heteroatoms. The SMILES string of the molecule is CC1=C(C(=O)Nc2ccc([N+](=O)[O-])cc2)[C@@H](c2ccc(C)cc2)NC(=O)N1. The zero-order valence-corrected chi connectivity index (χ0v) is 14.8. The van der Waals surface area contributed by atoms with Crippen LogP contribution >= 0.6 is 0 Å². The monoisotopic (exact) mass is 366 g/mol. The summed E-state index contributed by atoms with van der Waals surface area (Å²) in [6.07, 6.45) is 0. The van der Waals surface area contributed by atoms with Gasteiger partial charge in [0.05, 0.1) is 16.5 Å². The molecule has 0 spiro atoms.